The van der Waals surface area contributed by atoms with Crippen LogP contribution in [0, 0.1) is 12.8 Å². The molecule has 190 valence electrons. The molecule has 4 aromatic rings. The summed E-state index contributed by atoms with van der Waals surface area (Å²) in [5.41, 5.74) is 3.70. The highest BCUT2D eigenvalue weighted by atomic mass is 16.5. The zero-order chi connectivity index (χ0) is 25.9. The maximum Gasteiger partial charge on any atom is 0.257 e. The van der Waals surface area contributed by atoms with Crippen LogP contribution in [0.4, 0.5) is 5.82 Å². The maximum absolute atomic E-state index is 13.3. The van der Waals surface area contributed by atoms with E-state index in [1.54, 1.807) is 28.9 Å². The molecule has 0 aliphatic heterocycles. The zero-order valence-corrected chi connectivity index (χ0v) is 20.9. The van der Waals surface area contributed by atoms with E-state index in [0.717, 1.165) is 11.3 Å². The van der Waals surface area contributed by atoms with Crippen molar-refractivity contribution in [3.05, 3.63) is 65.5 Å². The van der Waals surface area contributed by atoms with Gasteiger partial charge in [-0.2, -0.15) is 5.10 Å². The summed E-state index contributed by atoms with van der Waals surface area (Å²) in [6.45, 7) is 4.25. The molecule has 1 aromatic carbocycles. The Morgan fingerprint density at radius 3 is 2.70 bits per heavy atom. The van der Waals surface area contributed by atoms with Gasteiger partial charge in [0.15, 0.2) is 11.5 Å². The minimum atomic E-state index is -0.320. The van der Waals surface area contributed by atoms with Crippen LogP contribution in [0.25, 0.3) is 16.9 Å². The van der Waals surface area contributed by atoms with Crippen LogP contribution >= 0.6 is 0 Å². The number of amides is 2. The predicted molar refractivity (Wildman–Crippen MR) is 138 cm³/mol. The molecule has 3 aromatic heterocycles. The molecular formula is C27H28N6O4. The minimum absolute atomic E-state index is 0.216. The fourth-order valence-corrected chi connectivity index (χ4v) is 3.98. The number of para-hydroxylation sites is 1. The first-order valence-electron chi connectivity index (χ1n) is 12.1. The Labute approximate surface area is 214 Å². The van der Waals surface area contributed by atoms with E-state index in [4.69, 9.17) is 9.47 Å². The summed E-state index contributed by atoms with van der Waals surface area (Å²) in [6.07, 6.45) is 4.05. The van der Waals surface area contributed by atoms with E-state index < -0.39 is 0 Å². The lowest BCUT2D eigenvalue weighted by Crippen LogP contribution is -2.24. The SMILES string of the molecule is COc1nc(C)c(-c2ccc3nc(NC(C)=O)cn3n2)cc1C(=O)NCc1ccccc1OCC1CC1. The Morgan fingerprint density at radius 1 is 1.14 bits per heavy atom. The van der Waals surface area contributed by atoms with Gasteiger partial charge in [0.1, 0.15) is 11.3 Å². The average molecular weight is 501 g/mol. The lowest BCUT2D eigenvalue weighted by molar-refractivity contribution is -0.114. The summed E-state index contributed by atoms with van der Waals surface area (Å²) in [5.74, 6) is 1.51. The third-order valence-electron chi connectivity index (χ3n) is 6.10. The number of ether oxygens (including phenoxy) is 2. The molecule has 5 rings (SSSR count). The Balaban J connectivity index is 1.39. The van der Waals surface area contributed by atoms with Crippen molar-refractivity contribution >= 4 is 23.3 Å². The number of imidazole rings is 1. The average Bonchev–Trinajstić information content (AvgIpc) is 3.63. The normalized spacial score (nSPS) is 12.8. The maximum atomic E-state index is 13.3. The summed E-state index contributed by atoms with van der Waals surface area (Å²) in [4.78, 5) is 33.5. The standard InChI is InChI=1S/C27H28N6O4/c1-16-20(22-10-11-25-31-24(30-17(2)34)14-33(25)32-22)12-21(27(29-16)36-3)26(35)28-13-19-6-4-5-7-23(19)37-15-18-8-9-18/h4-7,10-12,14,18H,8-9,13,15H2,1-3H3,(H,28,35)(H,30,34). The smallest absolute Gasteiger partial charge is 0.257 e. The molecule has 10 nitrogen and oxygen atoms in total. The van der Waals surface area contributed by atoms with Gasteiger partial charge in [-0.15, -0.1) is 0 Å². The lowest BCUT2D eigenvalue weighted by atomic mass is 10.1. The highest BCUT2D eigenvalue weighted by Crippen LogP contribution is 2.31. The third kappa shape index (κ3) is 5.53. The summed E-state index contributed by atoms with van der Waals surface area (Å²) in [7, 11) is 1.48. The van der Waals surface area contributed by atoms with E-state index in [1.165, 1.54) is 26.9 Å². The second kappa shape index (κ2) is 10.3. The van der Waals surface area contributed by atoms with E-state index >= 15 is 0 Å². The van der Waals surface area contributed by atoms with Gasteiger partial charge in [-0.3, -0.25) is 9.59 Å². The van der Waals surface area contributed by atoms with Crippen LogP contribution in [0.2, 0.25) is 0 Å². The largest absolute Gasteiger partial charge is 0.493 e. The Morgan fingerprint density at radius 2 is 1.95 bits per heavy atom. The molecule has 0 bridgehead atoms. The van der Waals surface area contributed by atoms with Crippen molar-refractivity contribution in [3.63, 3.8) is 0 Å². The van der Waals surface area contributed by atoms with Gasteiger partial charge in [0, 0.05) is 24.6 Å². The fourth-order valence-electron chi connectivity index (χ4n) is 3.98. The van der Waals surface area contributed by atoms with Crippen LogP contribution in [-0.4, -0.2) is 45.1 Å². The van der Waals surface area contributed by atoms with Crippen molar-refractivity contribution in [3.8, 4) is 22.9 Å². The first-order chi connectivity index (χ1) is 17.9. The number of carbonyl (C=O) groups excluding carboxylic acids is 2. The van der Waals surface area contributed by atoms with Gasteiger partial charge in [-0.05, 0) is 49.9 Å². The second-order valence-electron chi connectivity index (χ2n) is 9.05. The number of hydrogen-bond donors (Lipinski definition) is 2. The number of benzene rings is 1. The van der Waals surface area contributed by atoms with E-state index in [9.17, 15) is 9.59 Å². The van der Waals surface area contributed by atoms with E-state index in [0.29, 0.717) is 53.0 Å². The molecule has 10 heteroatoms. The summed E-state index contributed by atoms with van der Waals surface area (Å²) in [6, 6.07) is 13.0. The molecule has 0 saturated heterocycles. The molecule has 1 fully saturated rings. The van der Waals surface area contributed by atoms with Crippen LogP contribution in [-0.2, 0) is 11.3 Å². The highest BCUT2D eigenvalue weighted by Gasteiger charge is 2.23. The third-order valence-corrected chi connectivity index (χ3v) is 6.10. The first-order valence-corrected chi connectivity index (χ1v) is 12.1. The number of pyridine rings is 1. The number of anilines is 1. The van der Waals surface area contributed by atoms with Crippen molar-refractivity contribution in [2.45, 2.75) is 33.2 Å². The summed E-state index contributed by atoms with van der Waals surface area (Å²) < 4.78 is 13.0. The van der Waals surface area contributed by atoms with Crippen LogP contribution < -0.4 is 20.1 Å². The molecule has 0 atom stereocenters. The number of aromatic nitrogens is 4. The van der Waals surface area contributed by atoms with Gasteiger partial charge >= 0.3 is 0 Å². The predicted octanol–water partition coefficient (Wildman–Crippen LogP) is 3.79. The second-order valence-corrected chi connectivity index (χ2v) is 9.05. The Bertz CT molecular complexity index is 1480. The molecule has 0 radical (unpaired) electrons. The molecule has 0 unspecified atom stereocenters. The number of rotatable bonds is 9. The van der Waals surface area contributed by atoms with Crippen LogP contribution in [0.5, 0.6) is 11.6 Å². The van der Waals surface area contributed by atoms with Gasteiger partial charge in [0.05, 0.1) is 31.3 Å². The molecule has 1 aliphatic carbocycles. The van der Waals surface area contributed by atoms with E-state index in [-0.39, 0.29) is 17.7 Å². The number of nitrogens with one attached hydrogen (secondary N) is 2. The molecule has 0 spiro atoms. The number of nitrogens with zero attached hydrogens (tertiary/aromatic N) is 4. The van der Waals surface area contributed by atoms with Crippen LogP contribution in [0.15, 0.2) is 48.7 Å². The number of methoxy groups -OCH3 is 1. The number of fused-ring (bicyclic) bond motifs is 1. The van der Waals surface area contributed by atoms with Crippen LogP contribution in [0.3, 0.4) is 0 Å². The van der Waals surface area contributed by atoms with Gasteiger partial charge in [0.2, 0.25) is 11.8 Å². The monoisotopic (exact) mass is 500 g/mol. The molecule has 2 N–H and O–H groups in total. The highest BCUT2D eigenvalue weighted by molar-refractivity contribution is 5.97. The van der Waals surface area contributed by atoms with Gasteiger partial charge < -0.3 is 20.1 Å². The fraction of sp³-hybridized carbons (Fsp3) is 0.296. The summed E-state index contributed by atoms with van der Waals surface area (Å²) in [5, 5.41) is 10.2. The quantitative estimate of drug-likeness (QED) is 0.359. The molecule has 2 amide bonds. The van der Waals surface area contributed by atoms with Gasteiger partial charge in [0.25, 0.3) is 5.91 Å². The Kier molecular flexibility index (Phi) is 6.72. The van der Waals surface area contributed by atoms with E-state index in [1.807, 2.05) is 31.2 Å². The molecule has 1 aliphatic rings. The molecule has 37 heavy (non-hydrogen) atoms. The van der Waals surface area contributed by atoms with Crippen molar-refractivity contribution in [2.24, 2.45) is 5.92 Å². The van der Waals surface area contributed by atoms with Crippen molar-refractivity contribution < 1.29 is 19.1 Å². The van der Waals surface area contributed by atoms with E-state index in [2.05, 4.69) is 25.7 Å². The zero-order valence-electron chi connectivity index (χ0n) is 20.9. The number of hydrogen-bond acceptors (Lipinski definition) is 7. The number of carbonyl (C=O) groups is 2. The van der Waals surface area contributed by atoms with Gasteiger partial charge in [-0.1, -0.05) is 18.2 Å². The summed E-state index contributed by atoms with van der Waals surface area (Å²) >= 11 is 0. The molecule has 3 heterocycles. The molecule has 1 saturated carbocycles. The number of aryl methyl sites for hydroxylation is 1. The molecular weight excluding hydrogens is 472 g/mol. The minimum Gasteiger partial charge on any atom is -0.493 e. The van der Waals surface area contributed by atoms with Gasteiger partial charge in [-0.25, -0.2) is 14.5 Å². The van der Waals surface area contributed by atoms with Crippen molar-refractivity contribution in [2.75, 3.05) is 19.0 Å². The van der Waals surface area contributed by atoms with Crippen molar-refractivity contribution in [1.82, 2.24) is 24.9 Å². The van der Waals surface area contributed by atoms with Crippen molar-refractivity contribution in [1.29, 1.82) is 0 Å². The van der Waals surface area contributed by atoms with Crippen LogP contribution in [0.1, 0.15) is 41.4 Å². The lowest BCUT2D eigenvalue weighted by Gasteiger charge is -2.14. The Hall–Kier alpha value is -4.47. The topological polar surface area (TPSA) is 120 Å². The first kappa shape index (κ1) is 24.2.